The summed E-state index contributed by atoms with van der Waals surface area (Å²) in [5.41, 5.74) is 1.11. The topological polar surface area (TPSA) is 71.7 Å². The molecule has 7 heteroatoms. The highest BCUT2D eigenvalue weighted by atomic mass is 127. The van der Waals surface area contributed by atoms with Gasteiger partial charge in [-0.3, -0.25) is 4.99 Å². The highest BCUT2D eigenvalue weighted by Gasteiger charge is 2.19. The monoisotopic (exact) mass is 500 g/mol. The first-order valence-corrected chi connectivity index (χ1v) is 9.39. The van der Waals surface area contributed by atoms with Gasteiger partial charge in [0.2, 0.25) is 5.89 Å². The van der Waals surface area contributed by atoms with E-state index in [1.807, 2.05) is 12.1 Å². The Morgan fingerprint density at radius 2 is 1.79 bits per heavy atom. The Balaban J connectivity index is 0.00000392. The van der Waals surface area contributed by atoms with Gasteiger partial charge in [0.25, 0.3) is 0 Å². The summed E-state index contributed by atoms with van der Waals surface area (Å²) in [6, 6.07) is 8.10. The molecule has 0 spiro atoms. The largest absolute Gasteiger partial charge is 0.493 e. The molecule has 0 unspecified atom stereocenters. The lowest BCUT2D eigenvalue weighted by molar-refractivity contribution is 0.271. The molecule has 0 aliphatic heterocycles. The summed E-state index contributed by atoms with van der Waals surface area (Å²) < 4.78 is 11.5. The number of nitrogens with one attached hydrogen (secondary N) is 2. The second-order valence-corrected chi connectivity index (χ2v) is 8.00. The first kappa shape index (κ1) is 24.3. The number of rotatable bonds is 7. The third-order valence-corrected chi connectivity index (χ3v) is 3.89. The van der Waals surface area contributed by atoms with E-state index in [-0.39, 0.29) is 29.4 Å². The van der Waals surface area contributed by atoms with Crippen LogP contribution in [0.3, 0.4) is 0 Å². The summed E-state index contributed by atoms with van der Waals surface area (Å²) in [4.78, 5) is 8.56. The Hall–Kier alpha value is -1.77. The van der Waals surface area contributed by atoms with Crippen LogP contribution >= 0.6 is 24.0 Å². The van der Waals surface area contributed by atoms with Gasteiger partial charge >= 0.3 is 0 Å². The molecule has 0 saturated heterocycles. The molecule has 1 aromatic carbocycles. The van der Waals surface area contributed by atoms with Crippen molar-refractivity contribution in [2.45, 2.75) is 53.1 Å². The second kappa shape index (κ2) is 11.3. The summed E-state index contributed by atoms with van der Waals surface area (Å²) >= 11 is 0. The van der Waals surface area contributed by atoms with Crippen molar-refractivity contribution in [3.05, 3.63) is 47.7 Å². The first-order valence-electron chi connectivity index (χ1n) is 9.39. The molecule has 0 radical (unpaired) electrons. The summed E-state index contributed by atoms with van der Waals surface area (Å²) in [7, 11) is 1.74. The summed E-state index contributed by atoms with van der Waals surface area (Å²) in [6.07, 6.45) is 1.79. The van der Waals surface area contributed by atoms with Crippen LogP contribution in [0.5, 0.6) is 5.75 Å². The number of guanidine groups is 1. The lowest BCUT2D eigenvalue weighted by Crippen LogP contribution is -2.36. The second-order valence-electron chi connectivity index (χ2n) is 8.00. The molecular formula is C21H33IN4O2. The highest BCUT2D eigenvalue weighted by molar-refractivity contribution is 14.0. The molecule has 2 N–H and O–H groups in total. The predicted octanol–water partition coefficient (Wildman–Crippen LogP) is 4.49. The lowest BCUT2D eigenvalue weighted by Gasteiger charge is -2.13. The Labute approximate surface area is 185 Å². The number of ether oxygens (including phenoxy) is 1. The molecule has 1 heterocycles. The van der Waals surface area contributed by atoms with Crippen LogP contribution in [0, 0.1) is 5.92 Å². The van der Waals surface area contributed by atoms with Gasteiger partial charge in [-0.1, -0.05) is 46.8 Å². The van der Waals surface area contributed by atoms with Crippen molar-refractivity contribution in [3.63, 3.8) is 0 Å². The van der Waals surface area contributed by atoms with Crippen LogP contribution in [-0.2, 0) is 18.5 Å². The van der Waals surface area contributed by atoms with E-state index in [1.54, 1.807) is 13.2 Å². The molecule has 0 atom stereocenters. The van der Waals surface area contributed by atoms with Crippen molar-refractivity contribution in [1.29, 1.82) is 0 Å². The fourth-order valence-corrected chi connectivity index (χ4v) is 2.27. The minimum atomic E-state index is -0.0454. The van der Waals surface area contributed by atoms with Gasteiger partial charge in [0.15, 0.2) is 5.96 Å². The summed E-state index contributed by atoms with van der Waals surface area (Å²) in [6.45, 7) is 12.5. The smallest absolute Gasteiger partial charge is 0.213 e. The van der Waals surface area contributed by atoms with E-state index < -0.39 is 0 Å². The van der Waals surface area contributed by atoms with Crippen molar-refractivity contribution in [1.82, 2.24) is 15.6 Å². The van der Waals surface area contributed by atoms with Crippen molar-refractivity contribution in [2.75, 3.05) is 13.7 Å². The van der Waals surface area contributed by atoms with E-state index in [0.29, 0.717) is 30.9 Å². The van der Waals surface area contributed by atoms with Crippen LogP contribution < -0.4 is 15.4 Å². The minimum absolute atomic E-state index is 0. The quantitative estimate of drug-likeness (QED) is 0.333. The molecule has 6 nitrogen and oxygen atoms in total. The zero-order chi connectivity index (χ0) is 19.9. The number of hydrogen-bond donors (Lipinski definition) is 2. The number of aromatic nitrogens is 1. The average Bonchev–Trinajstić information content (AvgIpc) is 3.10. The molecule has 0 bridgehead atoms. The van der Waals surface area contributed by atoms with E-state index in [0.717, 1.165) is 23.7 Å². The molecule has 2 aromatic rings. The molecule has 0 fully saturated rings. The Morgan fingerprint density at radius 1 is 1.14 bits per heavy atom. The van der Waals surface area contributed by atoms with E-state index in [4.69, 9.17) is 9.15 Å². The Kier molecular flexibility index (Phi) is 9.78. The predicted molar refractivity (Wildman–Crippen MR) is 124 cm³/mol. The number of nitrogens with zero attached hydrogens (tertiary/aromatic N) is 2. The first-order chi connectivity index (χ1) is 12.8. The fraction of sp³-hybridized carbons (Fsp3) is 0.524. The standard InChI is InChI=1S/C21H32N4O2.HI/c1-15(2)14-26-17-9-7-16(8-10-17)11-24-20(22-6)25-13-19-23-12-18(27-19)21(3,4)5;/h7-10,12,15H,11,13-14H2,1-6H3,(H2,22,24,25);1H. The molecule has 156 valence electrons. The summed E-state index contributed by atoms with van der Waals surface area (Å²) in [5, 5.41) is 6.51. The molecule has 1 aromatic heterocycles. The van der Waals surface area contributed by atoms with E-state index in [2.05, 4.69) is 67.4 Å². The number of halogens is 1. The van der Waals surface area contributed by atoms with Gasteiger partial charge in [-0.25, -0.2) is 4.98 Å². The van der Waals surface area contributed by atoms with Crippen LogP contribution in [-0.4, -0.2) is 24.6 Å². The van der Waals surface area contributed by atoms with E-state index >= 15 is 0 Å². The zero-order valence-electron chi connectivity index (χ0n) is 17.7. The fourth-order valence-electron chi connectivity index (χ4n) is 2.27. The molecule has 28 heavy (non-hydrogen) atoms. The van der Waals surface area contributed by atoms with Crippen molar-refractivity contribution in [3.8, 4) is 5.75 Å². The van der Waals surface area contributed by atoms with Crippen LogP contribution in [0.15, 0.2) is 39.9 Å². The number of oxazole rings is 1. The van der Waals surface area contributed by atoms with Gasteiger partial charge in [-0.05, 0) is 23.6 Å². The van der Waals surface area contributed by atoms with Crippen LogP contribution in [0.4, 0.5) is 0 Å². The SMILES string of the molecule is CN=C(NCc1ccc(OCC(C)C)cc1)NCc1ncc(C(C)(C)C)o1.I. The van der Waals surface area contributed by atoms with Crippen molar-refractivity contribution < 1.29 is 9.15 Å². The van der Waals surface area contributed by atoms with E-state index in [1.165, 1.54) is 0 Å². The molecule has 0 amide bonds. The Morgan fingerprint density at radius 3 is 2.32 bits per heavy atom. The highest BCUT2D eigenvalue weighted by Crippen LogP contribution is 2.22. The molecule has 0 saturated carbocycles. The molecule has 0 aliphatic carbocycles. The minimum Gasteiger partial charge on any atom is -0.493 e. The zero-order valence-corrected chi connectivity index (χ0v) is 20.0. The van der Waals surface area contributed by atoms with Gasteiger partial charge in [0, 0.05) is 19.0 Å². The maximum absolute atomic E-state index is 5.79. The Bertz CT molecular complexity index is 734. The third-order valence-electron chi connectivity index (χ3n) is 3.89. The lowest BCUT2D eigenvalue weighted by atomic mass is 9.94. The normalized spacial score (nSPS) is 11.9. The number of hydrogen-bond acceptors (Lipinski definition) is 4. The number of aliphatic imine (C=N–C) groups is 1. The van der Waals surface area contributed by atoms with Gasteiger partial charge in [-0.2, -0.15) is 0 Å². The number of benzene rings is 1. The van der Waals surface area contributed by atoms with Gasteiger partial charge in [0.1, 0.15) is 11.5 Å². The van der Waals surface area contributed by atoms with Crippen LogP contribution in [0.25, 0.3) is 0 Å². The summed E-state index contributed by atoms with van der Waals surface area (Å²) in [5.74, 6) is 3.64. The maximum Gasteiger partial charge on any atom is 0.213 e. The molecule has 2 rings (SSSR count). The van der Waals surface area contributed by atoms with Gasteiger partial charge in [-0.15, -0.1) is 24.0 Å². The van der Waals surface area contributed by atoms with Gasteiger partial charge in [0.05, 0.1) is 19.3 Å². The van der Waals surface area contributed by atoms with Crippen LogP contribution in [0.1, 0.15) is 51.8 Å². The van der Waals surface area contributed by atoms with Crippen molar-refractivity contribution >= 4 is 29.9 Å². The third kappa shape index (κ3) is 8.08. The maximum atomic E-state index is 5.79. The van der Waals surface area contributed by atoms with Crippen molar-refractivity contribution in [2.24, 2.45) is 10.9 Å². The molecule has 0 aliphatic rings. The van der Waals surface area contributed by atoms with Gasteiger partial charge < -0.3 is 19.8 Å². The average molecular weight is 500 g/mol. The molecular weight excluding hydrogens is 467 g/mol. The van der Waals surface area contributed by atoms with E-state index in [9.17, 15) is 0 Å². The van der Waals surface area contributed by atoms with Crippen LogP contribution in [0.2, 0.25) is 0 Å².